The third-order valence-corrected chi connectivity index (χ3v) is 7.49. The Morgan fingerprint density at radius 1 is 0.615 bits per heavy atom. The molecule has 0 saturated heterocycles. The van der Waals surface area contributed by atoms with Crippen LogP contribution in [-0.4, -0.2) is 27.3 Å². The number of sulfonamides is 2. The Morgan fingerprint density at radius 3 is 1.15 bits per heavy atom. The second kappa shape index (κ2) is 7.11. The summed E-state index contributed by atoms with van der Waals surface area (Å²) in [7, 11) is -6.65. The first-order valence-corrected chi connectivity index (χ1v) is 11.5. The van der Waals surface area contributed by atoms with Gasteiger partial charge in [-0.05, 0) is 24.0 Å². The van der Waals surface area contributed by atoms with Crippen LogP contribution in [0, 0.1) is 0 Å². The third-order valence-electron chi connectivity index (χ3n) is 4.76. The zero-order chi connectivity index (χ0) is 18.9. The van der Waals surface area contributed by atoms with Crippen LogP contribution in [0.2, 0.25) is 0 Å². The molecule has 8 heteroatoms. The minimum atomic E-state index is -3.33. The Kier molecular flexibility index (Phi) is 5.21. The lowest BCUT2D eigenvalue weighted by atomic mass is 10.1. The number of rotatable bonds is 4. The van der Waals surface area contributed by atoms with Crippen molar-refractivity contribution in [1.29, 1.82) is 0 Å². The zero-order valence-corrected chi connectivity index (χ0v) is 15.7. The predicted molar refractivity (Wildman–Crippen MR) is 101 cm³/mol. The second-order valence-corrected chi connectivity index (χ2v) is 10.3. The number of hydrogen-bond donors (Lipinski definition) is 2. The third kappa shape index (κ3) is 4.70. The highest BCUT2D eigenvalue weighted by atomic mass is 32.2. The average Bonchev–Trinajstić information content (AvgIpc) is 3.48. The second-order valence-electron chi connectivity index (χ2n) is 6.76. The largest absolute Gasteiger partial charge is 0.228 e. The molecule has 6 nitrogen and oxygen atoms in total. The van der Waals surface area contributed by atoms with Crippen molar-refractivity contribution in [3.63, 3.8) is 0 Å². The van der Waals surface area contributed by atoms with Crippen molar-refractivity contribution >= 4 is 20.0 Å². The summed E-state index contributed by atoms with van der Waals surface area (Å²) in [6.07, 6.45) is 1.34. The van der Waals surface area contributed by atoms with Gasteiger partial charge in [0.15, 0.2) is 0 Å². The van der Waals surface area contributed by atoms with Crippen LogP contribution in [0.3, 0.4) is 0 Å². The van der Waals surface area contributed by atoms with E-state index in [1.54, 1.807) is 0 Å². The van der Waals surface area contributed by atoms with E-state index >= 15 is 0 Å². The van der Waals surface area contributed by atoms with Crippen molar-refractivity contribution in [2.75, 3.05) is 0 Å². The van der Waals surface area contributed by atoms with Gasteiger partial charge in [-0.3, -0.25) is 0 Å². The summed E-state index contributed by atoms with van der Waals surface area (Å²) >= 11 is 0. The molecule has 2 aromatic carbocycles. The first-order chi connectivity index (χ1) is 12.2. The van der Waals surface area contributed by atoms with E-state index < -0.39 is 20.0 Å². The van der Waals surface area contributed by atoms with Gasteiger partial charge in [0.1, 0.15) is 0 Å². The smallest absolute Gasteiger partial charge is 0.212 e. The molecule has 4 atom stereocenters. The van der Waals surface area contributed by atoms with Gasteiger partial charge in [0, 0.05) is 11.8 Å². The van der Waals surface area contributed by atoms with E-state index in [1.165, 1.54) is 0 Å². The van der Waals surface area contributed by atoms with Crippen molar-refractivity contribution in [3.05, 3.63) is 71.8 Å². The van der Waals surface area contributed by atoms with Crippen molar-refractivity contribution in [1.82, 2.24) is 0 Å². The van der Waals surface area contributed by atoms with Crippen molar-refractivity contribution in [2.45, 2.75) is 35.2 Å². The van der Waals surface area contributed by atoms with E-state index in [9.17, 15) is 16.8 Å². The lowest BCUT2D eigenvalue weighted by molar-refractivity contribution is 0.594. The summed E-state index contributed by atoms with van der Waals surface area (Å²) in [5.41, 5.74) is 2.14. The molecule has 4 N–H and O–H groups in total. The predicted octanol–water partition coefficient (Wildman–Crippen LogP) is 1.66. The number of hydrogen-bond acceptors (Lipinski definition) is 4. The van der Waals surface area contributed by atoms with Gasteiger partial charge in [-0.1, -0.05) is 60.7 Å². The highest BCUT2D eigenvalue weighted by Gasteiger charge is 2.47. The summed E-state index contributed by atoms with van der Waals surface area (Å²) in [6.45, 7) is 0. The molecule has 26 heavy (non-hydrogen) atoms. The Hall–Kier alpha value is -1.74. The van der Waals surface area contributed by atoms with Gasteiger partial charge in [0.2, 0.25) is 20.0 Å². The fourth-order valence-corrected chi connectivity index (χ4v) is 5.35. The van der Waals surface area contributed by atoms with Crippen LogP contribution in [0.5, 0.6) is 0 Å². The fourth-order valence-electron chi connectivity index (χ4n) is 3.17. The van der Waals surface area contributed by atoms with Crippen LogP contribution in [0.4, 0.5) is 0 Å². The standard InChI is InChI=1S/2C9H11NO2S/c2*10-13(11,12)9-6-8(9)7-4-2-1-3-5-7/h2*1-5,8-9H,6H2,(H2,10,11,12)/t2*8-,9+/m10/s1. The van der Waals surface area contributed by atoms with Gasteiger partial charge in [-0.25, -0.2) is 27.1 Å². The Morgan fingerprint density at radius 2 is 0.923 bits per heavy atom. The molecule has 0 heterocycles. The molecule has 2 aliphatic carbocycles. The topological polar surface area (TPSA) is 120 Å². The molecule has 0 aliphatic heterocycles. The maximum atomic E-state index is 11.0. The number of primary sulfonamides is 2. The number of nitrogens with two attached hydrogens (primary N) is 2. The normalized spacial score (nSPS) is 27.2. The van der Waals surface area contributed by atoms with Gasteiger partial charge in [-0.2, -0.15) is 0 Å². The quantitative estimate of drug-likeness (QED) is 0.819. The molecule has 2 aromatic rings. The van der Waals surface area contributed by atoms with Crippen LogP contribution in [0.1, 0.15) is 35.8 Å². The molecule has 2 saturated carbocycles. The monoisotopic (exact) mass is 394 g/mol. The Balaban J connectivity index is 0.000000151. The minimum absolute atomic E-state index is 0.121. The average molecular weight is 395 g/mol. The Bertz CT molecular complexity index is 879. The molecule has 0 bridgehead atoms. The van der Waals surface area contributed by atoms with Gasteiger partial charge < -0.3 is 0 Å². The molecular formula is C18H22N2O4S2. The molecule has 140 valence electrons. The van der Waals surface area contributed by atoms with Gasteiger partial charge in [-0.15, -0.1) is 0 Å². The first kappa shape index (κ1) is 19.0. The molecule has 0 amide bonds. The highest BCUT2D eigenvalue weighted by Crippen LogP contribution is 2.45. The van der Waals surface area contributed by atoms with Gasteiger partial charge >= 0.3 is 0 Å². The van der Waals surface area contributed by atoms with Crippen molar-refractivity contribution < 1.29 is 16.8 Å². The van der Waals surface area contributed by atoms with Crippen LogP contribution in [0.15, 0.2) is 60.7 Å². The molecule has 2 aliphatic rings. The summed E-state index contributed by atoms with van der Waals surface area (Å²) in [5, 5.41) is 9.38. The van der Waals surface area contributed by atoms with Gasteiger partial charge in [0.05, 0.1) is 10.5 Å². The fraction of sp³-hybridized carbons (Fsp3) is 0.333. The van der Waals surface area contributed by atoms with E-state index in [4.69, 9.17) is 10.3 Å². The van der Waals surface area contributed by atoms with Gasteiger partial charge in [0.25, 0.3) is 0 Å². The van der Waals surface area contributed by atoms with E-state index in [-0.39, 0.29) is 22.3 Å². The summed E-state index contributed by atoms with van der Waals surface area (Å²) in [4.78, 5) is 0. The van der Waals surface area contributed by atoms with Crippen molar-refractivity contribution in [2.24, 2.45) is 10.3 Å². The summed E-state index contributed by atoms with van der Waals surface area (Å²) < 4.78 is 43.8. The van der Waals surface area contributed by atoms with Crippen molar-refractivity contribution in [3.8, 4) is 0 Å². The lowest BCUT2D eigenvalue weighted by Crippen LogP contribution is -2.18. The maximum absolute atomic E-state index is 11.0. The maximum Gasteiger partial charge on any atom is 0.212 e. The Labute approximate surface area is 154 Å². The summed E-state index contributed by atoms with van der Waals surface area (Å²) in [6, 6.07) is 19.2. The van der Waals surface area contributed by atoms with Crippen LogP contribution >= 0.6 is 0 Å². The zero-order valence-electron chi connectivity index (χ0n) is 14.1. The lowest BCUT2D eigenvalue weighted by Gasteiger charge is -1.97. The van der Waals surface area contributed by atoms with Crippen LogP contribution in [-0.2, 0) is 20.0 Å². The van der Waals surface area contributed by atoms with E-state index in [2.05, 4.69) is 0 Å². The molecular weight excluding hydrogens is 372 g/mol. The minimum Gasteiger partial charge on any atom is -0.228 e. The van der Waals surface area contributed by atoms with E-state index in [0.29, 0.717) is 12.8 Å². The molecule has 0 unspecified atom stereocenters. The highest BCUT2D eigenvalue weighted by molar-refractivity contribution is 7.90. The molecule has 0 aromatic heterocycles. The molecule has 0 spiro atoms. The van der Waals surface area contributed by atoms with E-state index in [1.807, 2.05) is 60.7 Å². The number of benzene rings is 2. The molecule has 4 rings (SSSR count). The van der Waals surface area contributed by atoms with Crippen LogP contribution in [0.25, 0.3) is 0 Å². The van der Waals surface area contributed by atoms with Crippen LogP contribution < -0.4 is 10.3 Å². The summed E-state index contributed by atoms with van der Waals surface area (Å²) in [5.74, 6) is 0.243. The van der Waals surface area contributed by atoms with E-state index in [0.717, 1.165) is 11.1 Å². The first-order valence-electron chi connectivity index (χ1n) is 8.31. The molecule has 0 radical (unpaired) electrons. The SMILES string of the molecule is NS(=O)(=O)[C@@H]1C[C@H]1c1ccccc1.NS(=O)(=O)[C@H]1C[C@@H]1c1ccccc1. The molecule has 2 fully saturated rings.